The second-order valence-electron chi connectivity index (χ2n) is 8.09. The molecule has 0 saturated heterocycles. The first-order valence-corrected chi connectivity index (χ1v) is 12.1. The fraction of sp³-hybridized carbons (Fsp3) is 0.154. The van der Waals surface area contributed by atoms with E-state index >= 15 is 0 Å². The monoisotopic (exact) mass is 472 g/mol. The lowest BCUT2D eigenvalue weighted by atomic mass is 9.83. The number of rotatable bonds is 3. The molecule has 5 nitrogen and oxygen atoms in total. The molecule has 2 aromatic carbocycles. The quantitative estimate of drug-likeness (QED) is 0.250. The Bertz CT molecular complexity index is 1420. The number of nitrogens with zero attached hydrogens (tertiary/aromatic N) is 4. The molecule has 33 heavy (non-hydrogen) atoms. The molecule has 0 fully saturated rings. The zero-order valence-electron chi connectivity index (χ0n) is 18.4. The number of hydrogen-bond donors (Lipinski definition) is 0. The molecule has 0 atom stereocenters. The first kappa shape index (κ1) is 21.6. The van der Waals surface area contributed by atoms with Crippen molar-refractivity contribution in [3.8, 4) is 5.82 Å². The maximum atomic E-state index is 12.9. The predicted molar refractivity (Wildman–Crippen MR) is 134 cm³/mol. The van der Waals surface area contributed by atoms with Crippen molar-refractivity contribution in [1.29, 1.82) is 0 Å². The van der Waals surface area contributed by atoms with Crippen molar-refractivity contribution in [2.45, 2.75) is 24.8 Å². The molecule has 0 amide bonds. The molecule has 0 bridgehead atoms. The Morgan fingerprint density at radius 1 is 0.909 bits per heavy atom. The minimum atomic E-state index is -0.405. The van der Waals surface area contributed by atoms with Crippen molar-refractivity contribution in [2.75, 3.05) is 6.26 Å². The van der Waals surface area contributed by atoms with Gasteiger partial charge in [0.05, 0.1) is 0 Å². The van der Waals surface area contributed by atoms with Crippen molar-refractivity contribution >= 4 is 35.5 Å². The minimum absolute atomic E-state index is 0.106. The molecule has 1 aliphatic rings. The summed E-state index contributed by atoms with van der Waals surface area (Å²) < 4.78 is 1.45. The highest BCUT2D eigenvalue weighted by Gasteiger charge is 2.27. The average Bonchev–Trinajstić information content (AvgIpc) is 2.95. The maximum Gasteiger partial charge on any atom is 0.354 e. The molecular formula is C26H21ClN4OS. The van der Waals surface area contributed by atoms with E-state index in [0.29, 0.717) is 10.8 Å². The summed E-state index contributed by atoms with van der Waals surface area (Å²) in [5, 5.41) is 0.962. The van der Waals surface area contributed by atoms with Crippen molar-refractivity contribution in [1.82, 2.24) is 19.5 Å². The minimum Gasteiger partial charge on any atom is -0.251 e. The van der Waals surface area contributed by atoms with Gasteiger partial charge in [0.1, 0.15) is 22.3 Å². The van der Waals surface area contributed by atoms with Crippen molar-refractivity contribution in [3.63, 3.8) is 0 Å². The lowest BCUT2D eigenvalue weighted by Crippen LogP contribution is -2.25. The summed E-state index contributed by atoms with van der Waals surface area (Å²) in [6.07, 6.45) is 9.49. The van der Waals surface area contributed by atoms with Gasteiger partial charge in [0.15, 0.2) is 0 Å². The van der Waals surface area contributed by atoms with Gasteiger partial charge in [-0.15, -0.1) is 11.8 Å². The highest BCUT2D eigenvalue weighted by atomic mass is 35.5. The van der Waals surface area contributed by atoms with Crippen LogP contribution < -0.4 is 5.69 Å². The number of fused-ring (bicyclic) bond motifs is 2. The Balaban J connectivity index is 1.82. The summed E-state index contributed by atoms with van der Waals surface area (Å²) in [7, 11) is 0. The summed E-state index contributed by atoms with van der Waals surface area (Å²) in [5.41, 5.74) is 7.58. The largest absolute Gasteiger partial charge is 0.354 e. The van der Waals surface area contributed by atoms with Gasteiger partial charge in [0.2, 0.25) is 0 Å². The highest BCUT2D eigenvalue weighted by Crippen LogP contribution is 2.42. The molecule has 0 aliphatic heterocycles. The van der Waals surface area contributed by atoms with Gasteiger partial charge in [-0.1, -0.05) is 71.3 Å². The van der Waals surface area contributed by atoms with Gasteiger partial charge < -0.3 is 0 Å². The van der Waals surface area contributed by atoms with E-state index in [4.69, 9.17) is 11.6 Å². The van der Waals surface area contributed by atoms with Gasteiger partial charge in [-0.3, -0.25) is 4.57 Å². The molecule has 164 valence electrons. The third-order valence-corrected chi connectivity index (χ3v) is 6.76. The van der Waals surface area contributed by atoms with E-state index < -0.39 is 5.69 Å². The first-order valence-electron chi connectivity index (χ1n) is 10.5. The first-order chi connectivity index (χ1) is 15.9. The van der Waals surface area contributed by atoms with Crippen LogP contribution in [0.1, 0.15) is 44.9 Å². The Morgan fingerprint density at radius 3 is 2.12 bits per heavy atom. The van der Waals surface area contributed by atoms with Gasteiger partial charge >= 0.3 is 5.69 Å². The Kier molecular flexibility index (Phi) is 5.64. The van der Waals surface area contributed by atoms with Crippen molar-refractivity contribution < 1.29 is 0 Å². The van der Waals surface area contributed by atoms with Gasteiger partial charge in [-0.25, -0.2) is 14.8 Å². The number of aromatic nitrogens is 4. The van der Waals surface area contributed by atoms with Crippen LogP contribution in [0.5, 0.6) is 0 Å². The third kappa shape index (κ3) is 4.01. The van der Waals surface area contributed by atoms with E-state index in [1.165, 1.54) is 44.9 Å². The van der Waals surface area contributed by atoms with E-state index in [0.717, 1.165) is 16.7 Å². The van der Waals surface area contributed by atoms with Crippen LogP contribution in [0.4, 0.5) is 0 Å². The molecule has 0 radical (unpaired) electrons. The molecule has 0 saturated carbocycles. The SMILES string of the molecule is CSc1nc(=O)n(-c2cc(Cl)ncn2)cc1C1c2ccc(C)cc2C=Cc2cc(C)ccc21. The zero-order chi connectivity index (χ0) is 23.1. The summed E-state index contributed by atoms with van der Waals surface area (Å²) in [6.45, 7) is 4.19. The van der Waals surface area contributed by atoms with E-state index in [2.05, 4.69) is 77.3 Å². The molecular weight excluding hydrogens is 452 g/mol. The standard InChI is InChI=1S/C26H21ClN4OS/c1-15-4-8-19-17(10-15)6-7-18-11-16(2)5-9-20(18)24(19)21-13-31(26(32)30-25(21)33-3)23-12-22(27)28-14-29-23/h4-14,24H,1-3H3. The average molecular weight is 473 g/mol. The Morgan fingerprint density at radius 2 is 1.55 bits per heavy atom. The third-order valence-electron chi connectivity index (χ3n) is 5.84. The Hall–Kier alpha value is -3.22. The molecule has 1 aliphatic carbocycles. The van der Waals surface area contributed by atoms with Gasteiger partial charge in [0.25, 0.3) is 0 Å². The predicted octanol–water partition coefficient (Wildman–Crippen LogP) is 5.68. The normalized spacial score (nSPS) is 12.8. The van der Waals surface area contributed by atoms with Crippen LogP contribution in [0.15, 0.2) is 64.8 Å². The van der Waals surface area contributed by atoms with Gasteiger partial charge in [-0.2, -0.15) is 4.98 Å². The topological polar surface area (TPSA) is 60.7 Å². The van der Waals surface area contributed by atoms with Crippen LogP contribution >= 0.6 is 23.4 Å². The molecule has 7 heteroatoms. The van der Waals surface area contributed by atoms with Crippen molar-refractivity contribution in [3.05, 3.63) is 110 Å². The van der Waals surface area contributed by atoms with Crippen LogP contribution in [0, 0.1) is 13.8 Å². The molecule has 2 aromatic heterocycles. The van der Waals surface area contributed by atoms with Crippen LogP contribution in [0.2, 0.25) is 5.15 Å². The summed E-state index contributed by atoms with van der Waals surface area (Å²) in [4.78, 5) is 25.5. The van der Waals surface area contributed by atoms with E-state index in [1.54, 1.807) is 6.07 Å². The summed E-state index contributed by atoms with van der Waals surface area (Å²) in [5.74, 6) is 0.284. The molecule has 2 heterocycles. The van der Waals surface area contributed by atoms with Crippen molar-refractivity contribution in [2.24, 2.45) is 0 Å². The van der Waals surface area contributed by atoms with Crippen LogP contribution in [-0.4, -0.2) is 25.8 Å². The fourth-order valence-corrected chi connectivity index (χ4v) is 5.04. The number of benzene rings is 2. The smallest absolute Gasteiger partial charge is 0.251 e. The number of thioether (sulfide) groups is 1. The van der Waals surface area contributed by atoms with Crippen LogP contribution in [0.25, 0.3) is 18.0 Å². The molecule has 0 spiro atoms. The Labute approximate surface area is 201 Å². The van der Waals surface area contributed by atoms with Gasteiger partial charge in [0, 0.05) is 23.7 Å². The number of aryl methyl sites for hydroxylation is 2. The van der Waals surface area contributed by atoms with E-state index in [1.807, 2.05) is 12.5 Å². The number of halogens is 1. The fourth-order valence-electron chi connectivity index (χ4n) is 4.32. The maximum absolute atomic E-state index is 12.9. The van der Waals surface area contributed by atoms with Crippen LogP contribution in [-0.2, 0) is 0 Å². The molecule has 4 aromatic rings. The molecule has 0 N–H and O–H groups in total. The lowest BCUT2D eigenvalue weighted by molar-refractivity contribution is 0.783. The van der Waals surface area contributed by atoms with E-state index in [9.17, 15) is 4.79 Å². The highest BCUT2D eigenvalue weighted by molar-refractivity contribution is 7.98. The van der Waals surface area contributed by atoms with Crippen LogP contribution in [0.3, 0.4) is 0 Å². The van der Waals surface area contributed by atoms with Gasteiger partial charge in [-0.05, 0) is 42.4 Å². The van der Waals surface area contributed by atoms with E-state index in [-0.39, 0.29) is 11.1 Å². The molecule has 5 rings (SSSR count). The second-order valence-corrected chi connectivity index (χ2v) is 9.27. The summed E-state index contributed by atoms with van der Waals surface area (Å²) >= 11 is 7.55. The second kappa shape index (κ2) is 8.61. The summed E-state index contributed by atoms with van der Waals surface area (Å²) in [6, 6.07) is 14.6. The number of hydrogen-bond acceptors (Lipinski definition) is 5. The molecule has 0 unspecified atom stereocenters. The lowest BCUT2D eigenvalue weighted by Gasteiger charge is -2.24. The zero-order valence-corrected chi connectivity index (χ0v) is 20.0.